The van der Waals surface area contributed by atoms with Gasteiger partial charge in [-0.2, -0.15) is 5.10 Å². The number of aromatic nitrogens is 3. The van der Waals surface area contributed by atoms with Crippen molar-refractivity contribution in [3.8, 4) is 0 Å². The van der Waals surface area contributed by atoms with Crippen molar-refractivity contribution < 1.29 is 0 Å². The third kappa shape index (κ3) is 6.07. The molecule has 9 heteroatoms. The first-order valence-electron chi connectivity index (χ1n) is 12.6. The van der Waals surface area contributed by atoms with Crippen molar-refractivity contribution in [1.29, 1.82) is 0 Å². The molecular formula is C23H42IN7O. The number of guanidine groups is 1. The van der Waals surface area contributed by atoms with Gasteiger partial charge in [0.1, 0.15) is 5.82 Å². The number of aliphatic imine (C=N–C) groups is 1. The first-order valence-corrected chi connectivity index (χ1v) is 12.6. The van der Waals surface area contributed by atoms with E-state index in [-0.39, 0.29) is 29.7 Å². The molecular weight excluding hydrogens is 517 g/mol. The van der Waals surface area contributed by atoms with Crippen molar-refractivity contribution in [3.63, 3.8) is 0 Å². The molecule has 3 aliphatic rings. The third-order valence-corrected chi connectivity index (χ3v) is 7.49. The number of likely N-dealkylation sites (tertiary alicyclic amines) is 1. The van der Waals surface area contributed by atoms with Crippen molar-refractivity contribution in [1.82, 2.24) is 29.9 Å². The van der Waals surface area contributed by atoms with E-state index < -0.39 is 0 Å². The number of nitrogens with zero attached hydrogens (tertiary/aromatic N) is 5. The van der Waals surface area contributed by atoms with Crippen LogP contribution in [0.15, 0.2) is 9.79 Å². The minimum Gasteiger partial charge on any atom is -0.356 e. The van der Waals surface area contributed by atoms with Crippen molar-refractivity contribution in [2.75, 3.05) is 33.2 Å². The van der Waals surface area contributed by atoms with E-state index in [0.717, 1.165) is 57.1 Å². The van der Waals surface area contributed by atoms with Crippen LogP contribution in [-0.2, 0) is 19.5 Å². The zero-order valence-corrected chi connectivity index (χ0v) is 22.1. The lowest BCUT2D eigenvalue weighted by Gasteiger charge is -2.48. The van der Waals surface area contributed by atoms with Crippen LogP contribution in [-0.4, -0.2) is 64.0 Å². The lowest BCUT2D eigenvalue weighted by molar-refractivity contribution is 0.0368. The Bertz CT molecular complexity index is 791. The summed E-state index contributed by atoms with van der Waals surface area (Å²) in [5.41, 5.74) is 0.344. The average Bonchev–Trinajstić information content (AvgIpc) is 3.15. The number of rotatable bonds is 7. The molecule has 2 aliphatic heterocycles. The van der Waals surface area contributed by atoms with Gasteiger partial charge in [0.05, 0.1) is 0 Å². The Kier molecular flexibility index (Phi) is 9.88. The minimum absolute atomic E-state index is 0. The van der Waals surface area contributed by atoms with Crippen LogP contribution in [0.4, 0.5) is 0 Å². The molecule has 1 saturated heterocycles. The summed E-state index contributed by atoms with van der Waals surface area (Å²) in [7, 11) is 1.84. The number of aryl methyl sites for hydroxylation is 2. The average molecular weight is 560 g/mol. The van der Waals surface area contributed by atoms with Crippen LogP contribution >= 0.6 is 24.0 Å². The molecule has 0 amide bonds. The summed E-state index contributed by atoms with van der Waals surface area (Å²) in [5.74, 6) is 1.83. The fourth-order valence-electron chi connectivity index (χ4n) is 5.68. The Balaban J connectivity index is 0.00000289. The van der Waals surface area contributed by atoms with Crippen LogP contribution in [0.25, 0.3) is 0 Å². The second kappa shape index (κ2) is 12.4. The van der Waals surface area contributed by atoms with Crippen LogP contribution in [0.2, 0.25) is 0 Å². The van der Waals surface area contributed by atoms with Gasteiger partial charge in [0, 0.05) is 45.2 Å². The Labute approximate surface area is 209 Å². The van der Waals surface area contributed by atoms with Gasteiger partial charge in [0.25, 0.3) is 0 Å². The van der Waals surface area contributed by atoms with Gasteiger partial charge in [-0.25, -0.2) is 9.48 Å². The largest absolute Gasteiger partial charge is 0.356 e. The van der Waals surface area contributed by atoms with Crippen LogP contribution in [0, 0.1) is 0 Å². The van der Waals surface area contributed by atoms with Gasteiger partial charge in [-0.3, -0.25) is 14.5 Å². The summed E-state index contributed by atoms with van der Waals surface area (Å²) in [6, 6.07) is 0. The Hall–Kier alpha value is -1.10. The smallest absolute Gasteiger partial charge is 0.345 e. The molecule has 3 heterocycles. The maximum absolute atomic E-state index is 12.5. The van der Waals surface area contributed by atoms with Crippen molar-refractivity contribution in [3.05, 3.63) is 16.3 Å². The van der Waals surface area contributed by atoms with Crippen molar-refractivity contribution in [2.24, 2.45) is 4.99 Å². The predicted octanol–water partition coefficient (Wildman–Crippen LogP) is 2.74. The maximum atomic E-state index is 12.5. The molecule has 2 N–H and O–H groups in total. The molecule has 0 spiro atoms. The highest BCUT2D eigenvalue weighted by Crippen LogP contribution is 2.35. The molecule has 0 atom stereocenters. The topological polar surface area (TPSA) is 79.5 Å². The molecule has 182 valence electrons. The fourth-order valence-corrected chi connectivity index (χ4v) is 5.68. The predicted molar refractivity (Wildman–Crippen MR) is 140 cm³/mol. The van der Waals surface area contributed by atoms with Gasteiger partial charge >= 0.3 is 5.69 Å². The van der Waals surface area contributed by atoms with E-state index in [2.05, 4.69) is 25.6 Å². The van der Waals surface area contributed by atoms with Gasteiger partial charge in [0.15, 0.2) is 5.96 Å². The quantitative estimate of drug-likeness (QED) is 0.233. The molecule has 0 unspecified atom stereocenters. The van der Waals surface area contributed by atoms with Crippen LogP contribution in [0.3, 0.4) is 0 Å². The van der Waals surface area contributed by atoms with Crippen molar-refractivity contribution in [2.45, 2.75) is 95.7 Å². The van der Waals surface area contributed by atoms with E-state index in [4.69, 9.17) is 0 Å². The van der Waals surface area contributed by atoms with E-state index in [1.54, 1.807) is 4.68 Å². The van der Waals surface area contributed by atoms with Gasteiger partial charge in [-0.15, -0.1) is 24.0 Å². The molecule has 2 fully saturated rings. The molecule has 1 aliphatic carbocycles. The van der Waals surface area contributed by atoms with E-state index in [1.165, 1.54) is 64.5 Å². The standard InChI is InChI=1S/C23H41N7O.HI/c1-24-21(25-14-10-18-30-22(31)29-17-9-4-11-20(29)27-30)26-19-23(12-5-2-6-13-23)28-15-7-3-8-16-28;/h2-19H2,1H3,(H2,24,25,26);1H. The summed E-state index contributed by atoms with van der Waals surface area (Å²) < 4.78 is 3.49. The first kappa shape index (κ1) is 25.5. The van der Waals surface area contributed by atoms with Gasteiger partial charge in [0.2, 0.25) is 0 Å². The van der Waals surface area contributed by atoms with E-state index in [0.29, 0.717) is 12.1 Å². The Morgan fingerprint density at radius 1 is 1.00 bits per heavy atom. The number of hydrogen-bond acceptors (Lipinski definition) is 4. The number of hydrogen-bond donors (Lipinski definition) is 2. The number of halogens is 1. The zero-order chi connectivity index (χ0) is 21.5. The fraction of sp³-hybridized carbons (Fsp3) is 0.870. The molecule has 32 heavy (non-hydrogen) atoms. The van der Waals surface area contributed by atoms with Gasteiger partial charge in [-0.1, -0.05) is 25.7 Å². The Morgan fingerprint density at radius 3 is 2.44 bits per heavy atom. The summed E-state index contributed by atoms with van der Waals surface area (Å²) in [5, 5.41) is 11.6. The van der Waals surface area contributed by atoms with Crippen LogP contribution in [0.1, 0.15) is 76.5 Å². The summed E-state index contributed by atoms with van der Waals surface area (Å²) in [4.78, 5) is 19.7. The highest BCUT2D eigenvalue weighted by molar-refractivity contribution is 14.0. The molecule has 0 aromatic carbocycles. The van der Waals surface area contributed by atoms with Crippen LogP contribution in [0.5, 0.6) is 0 Å². The second-order valence-corrected chi connectivity index (χ2v) is 9.57. The molecule has 1 saturated carbocycles. The van der Waals surface area contributed by atoms with E-state index in [9.17, 15) is 4.79 Å². The molecule has 0 radical (unpaired) electrons. The zero-order valence-electron chi connectivity index (χ0n) is 19.8. The molecule has 1 aromatic rings. The van der Waals surface area contributed by atoms with Crippen molar-refractivity contribution >= 4 is 29.9 Å². The molecule has 0 bridgehead atoms. The summed E-state index contributed by atoms with van der Waals surface area (Å²) >= 11 is 0. The highest BCUT2D eigenvalue weighted by Gasteiger charge is 2.38. The first-order chi connectivity index (χ1) is 15.2. The lowest BCUT2D eigenvalue weighted by Crippen LogP contribution is -2.59. The van der Waals surface area contributed by atoms with E-state index in [1.807, 2.05) is 11.6 Å². The lowest BCUT2D eigenvalue weighted by atomic mass is 9.79. The van der Waals surface area contributed by atoms with Crippen LogP contribution < -0.4 is 16.3 Å². The van der Waals surface area contributed by atoms with Gasteiger partial charge in [-0.05, 0) is 58.0 Å². The summed E-state index contributed by atoms with van der Waals surface area (Å²) in [6.07, 6.45) is 14.7. The van der Waals surface area contributed by atoms with E-state index >= 15 is 0 Å². The maximum Gasteiger partial charge on any atom is 0.345 e. The molecule has 8 nitrogen and oxygen atoms in total. The number of piperidine rings is 1. The third-order valence-electron chi connectivity index (χ3n) is 7.49. The minimum atomic E-state index is 0. The SMILES string of the molecule is CN=C(NCCCn1nc2n(c1=O)CCCC2)NCC1(N2CCCCC2)CCCCC1.I. The normalized spacial score (nSPS) is 21.5. The summed E-state index contributed by atoms with van der Waals surface area (Å²) in [6.45, 7) is 5.72. The molecule has 1 aromatic heterocycles. The monoisotopic (exact) mass is 559 g/mol. The second-order valence-electron chi connectivity index (χ2n) is 9.57. The number of nitrogens with one attached hydrogen (secondary N) is 2. The Morgan fingerprint density at radius 2 is 1.72 bits per heavy atom. The highest BCUT2D eigenvalue weighted by atomic mass is 127. The number of fused-ring (bicyclic) bond motifs is 1. The molecule has 4 rings (SSSR count). The van der Waals surface area contributed by atoms with Gasteiger partial charge < -0.3 is 10.6 Å².